The Morgan fingerprint density at radius 2 is 1.02 bits per heavy atom. The molecule has 9 aromatic carbocycles. The van der Waals surface area contributed by atoms with E-state index in [4.69, 9.17) is 8.83 Å². The third kappa shape index (κ3) is 4.41. The summed E-state index contributed by atoms with van der Waals surface area (Å²) in [5.74, 6) is -0.353. The molecule has 0 aliphatic heterocycles. The summed E-state index contributed by atoms with van der Waals surface area (Å²) in [6.07, 6.45) is 0. The van der Waals surface area contributed by atoms with Crippen molar-refractivity contribution in [1.29, 1.82) is 0 Å². The van der Waals surface area contributed by atoms with Gasteiger partial charge < -0.3 is 13.7 Å². The van der Waals surface area contributed by atoms with Crippen molar-refractivity contribution in [3.8, 4) is 22.3 Å². The summed E-state index contributed by atoms with van der Waals surface area (Å²) in [5, 5.41) is 6.48. The van der Waals surface area contributed by atoms with Gasteiger partial charge in [-0.15, -0.1) is 0 Å². The molecule has 0 unspecified atom stereocenters. The number of halogens is 1. The van der Waals surface area contributed by atoms with Crippen molar-refractivity contribution in [1.82, 2.24) is 0 Å². The Balaban J connectivity index is 1.28. The highest BCUT2D eigenvalue weighted by atomic mass is 19.1. The first kappa shape index (κ1) is 34.4. The van der Waals surface area contributed by atoms with Crippen LogP contribution in [0.15, 0.2) is 185 Å². The fourth-order valence-corrected chi connectivity index (χ4v) is 11.1. The molecule has 0 amide bonds. The van der Waals surface area contributed by atoms with Crippen molar-refractivity contribution >= 4 is 71.7 Å². The molecule has 61 heavy (non-hydrogen) atoms. The second kappa shape index (κ2) is 12.1. The molecule has 0 atom stereocenters. The fraction of sp³-hybridized carbons (Fsp3) is 0.0877. The minimum atomic E-state index is -0.737. The zero-order chi connectivity index (χ0) is 40.8. The van der Waals surface area contributed by atoms with Gasteiger partial charge in [-0.1, -0.05) is 160 Å². The number of hydrogen-bond donors (Lipinski definition) is 0. The molecule has 2 aliphatic carbocycles. The molecule has 0 N–H and O–H groups in total. The maximum absolute atomic E-state index is 16.8. The van der Waals surface area contributed by atoms with Crippen LogP contribution < -0.4 is 4.90 Å². The highest BCUT2D eigenvalue weighted by Gasteiger charge is 2.51. The van der Waals surface area contributed by atoms with Crippen LogP contribution in [0, 0.1) is 5.82 Å². The predicted molar refractivity (Wildman–Crippen MR) is 248 cm³/mol. The molecule has 0 radical (unpaired) electrons. The molecular formula is C57H38FNO2. The van der Waals surface area contributed by atoms with E-state index in [1.54, 1.807) is 6.07 Å². The molecular weight excluding hydrogens is 750 g/mol. The van der Waals surface area contributed by atoms with Crippen LogP contribution in [-0.4, -0.2) is 0 Å². The molecule has 4 heteroatoms. The summed E-state index contributed by atoms with van der Waals surface area (Å²) in [6, 6.07) is 61.3. The normalized spacial score (nSPS) is 13.7. The molecule has 1 spiro atoms. The van der Waals surface area contributed by atoms with Crippen molar-refractivity contribution in [3.05, 3.63) is 210 Å². The van der Waals surface area contributed by atoms with E-state index in [9.17, 15) is 0 Å². The zero-order valence-corrected chi connectivity index (χ0v) is 33.9. The first-order valence-electron chi connectivity index (χ1n) is 21.0. The van der Waals surface area contributed by atoms with Crippen LogP contribution in [0.4, 0.5) is 21.5 Å². The molecule has 2 aliphatic rings. The van der Waals surface area contributed by atoms with E-state index in [1.165, 1.54) is 55.8 Å². The molecule has 13 rings (SSSR count). The standard InChI is InChI=1S/C57H38FNO2/c1-56(2,3)40-31-30-39-51-37(40)21-14-24-43(51)57(41-22-8-4-16-33(41)34-17-5-9-23-42(34)57)44-32-48(55-53(52(39)44)38-19-7-13-29-50(38)61-55)59(46-26-11-10-25-45(46)58)47-27-15-20-36-35-18-6-12-28-49(35)60-54(36)47/h4-32H,1-3H3. The summed E-state index contributed by atoms with van der Waals surface area (Å²) in [7, 11) is 0. The van der Waals surface area contributed by atoms with Crippen molar-refractivity contribution in [2.45, 2.75) is 31.6 Å². The molecule has 11 aromatic rings. The van der Waals surface area contributed by atoms with E-state index in [0.717, 1.165) is 55.2 Å². The molecule has 0 bridgehead atoms. The highest BCUT2D eigenvalue weighted by molar-refractivity contribution is 6.23. The van der Waals surface area contributed by atoms with Crippen molar-refractivity contribution < 1.29 is 13.2 Å². The minimum absolute atomic E-state index is 0.102. The van der Waals surface area contributed by atoms with E-state index in [-0.39, 0.29) is 11.2 Å². The molecule has 3 nitrogen and oxygen atoms in total. The second-order valence-electron chi connectivity index (χ2n) is 17.6. The first-order valence-corrected chi connectivity index (χ1v) is 21.0. The molecule has 0 fully saturated rings. The van der Waals surface area contributed by atoms with Crippen LogP contribution >= 0.6 is 0 Å². The van der Waals surface area contributed by atoms with Crippen LogP contribution in [0.25, 0.3) is 76.9 Å². The number of benzene rings is 9. The summed E-state index contributed by atoms with van der Waals surface area (Å²) in [5.41, 5.74) is 14.8. The van der Waals surface area contributed by atoms with Gasteiger partial charge >= 0.3 is 0 Å². The highest BCUT2D eigenvalue weighted by Crippen LogP contribution is 2.65. The molecule has 0 saturated heterocycles. The Morgan fingerprint density at radius 3 is 1.77 bits per heavy atom. The lowest BCUT2D eigenvalue weighted by Gasteiger charge is -2.41. The van der Waals surface area contributed by atoms with Crippen LogP contribution in [0.5, 0.6) is 0 Å². The smallest absolute Gasteiger partial charge is 0.160 e. The van der Waals surface area contributed by atoms with E-state index >= 15 is 4.39 Å². The number of para-hydroxylation sites is 4. The Bertz CT molecular complexity index is 3630. The van der Waals surface area contributed by atoms with Crippen molar-refractivity contribution in [2.24, 2.45) is 0 Å². The predicted octanol–water partition coefficient (Wildman–Crippen LogP) is 15.9. The number of furan rings is 2. The second-order valence-corrected chi connectivity index (χ2v) is 17.6. The van der Waals surface area contributed by atoms with Crippen LogP contribution in [0.1, 0.15) is 48.6 Å². The zero-order valence-electron chi connectivity index (χ0n) is 33.9. The van der Waals surface area contributed by atoms with E-state index < -0.39 is 5.41 Å². The Kier molecular flexibility index (Phi) is 6.82. The van der Waals surface area contributed by atoms with Gasteiger partial charge in [0.15, 0.2) is 11.2 Å². The molecule has 2 heterocycles. The quantitative estimate of drug-likeness (QED) is 0.179. The summed E-state index contributed by atoms with van der Waals surface area (Å²) >= 11 is 0. The lowest BCUT2D eigenvalue weighted by molar-refractivity contribution is 0.596. The molecule has 2 aromatic heterocycles. The van der Waals surface area contributed by atoms with Gasteiger partial charge in [0.2, 0.25) is 0 Å². The number of hydrogen-bond acceptors (Lipinski definition) is 3. The van der Waals surface area contributed by atoms with E-state index in [1.807, 2.05) is 59.5 Å². The van der Waals surface area contributed by atoms with Gasteiger partial charge in [0, 0.05) is 21.5 Å². The van der Waals surface area contributed by atoms with Gasteiger partial charge in [-0.25, -0.2) is 4.39 Å². The number of fused-ring (bicyclic) bond motifs is 16. The van der Waals surface area contributed by atoms with Crippen LogP contribution in [0.2, 0.25) is 0 Å². The van der Waals surface area contributed by atoms with Gasteiger partial charge in [0.1, 0.15) is 17.0 Å². The Hall–Kier alpha value is -7.43. The average Bonchev–Trinajstić information content (AvgIpc) is 3.95. The van der Waals surface area contributed by atoms with Gasteiger partial charge in [-0.3, -0.25) is 0 Å². The summed E-state index contributed by atoms with van der Waals surface area (Å²) in [6.45, 7) is 6.91. The van der Waals surface area contributed by atoms with Gasteiger partial charge in [-0.05, 0) is 103 Å². The van der Waals surface area contributed by atoms with E-state index in [0.29, 0.717) is 16.9 Å². The third-order valence-electron chi connectivity index (χ3n) is 13.5. The van der Waals surface area contributed by atoms with Crippen LogP contribution in [-0.2, 0) is 10.8 Å². The van der Waals surface area contributed by atoms with E-state index in [2.05, 4.69) is 130 Å². The third-order valence-corrected chi connectivity index (χ3v) is 13.5. The lowest BCUT2D eigenvalue weighted by Crippen LogP contribution is -2.32. The number of anilines is 3. The fourth-order valence-electron chi connectivity index (χ4n) is 11.1. The average molecular weight is 788 g/mol. The maximum atomic E-state index is 16.8. The molecule has 0 saturated carbocycles. The van der Waals surface area contributed by atoms with Gasteiger partial charge in [-0.2, -0.15) is 0 Å². The monoisotopic (exact) mass is 787 g/mol. The SMILES string of the molecule is CC(C)(C)c1ccc2c3c(cccc13)C1(c3ccccc3-c3ccccc31)c1cc(N(c3ccccc3F)c3cccc4c3oc3ccccc34)c3oc4ccccc4c3c1-2. The summed E-state index contributed by atoms with van der Waals surface area (Å²) < 4.78 is 30.7. The molecule has 290 valence electrons. The van der Waals surface area contributed by atoms with Gasteiger partial charge in [0.25, 0.3) is 0 Å². The van der Waals surface area contributed by atoms with Crippen molar-refractivity contribution in [2.75, 3.05) is 4.90 Å². The largest absolute Gasteiger partial charge is 0.454 e. The van der Waals surface area contributed by atoms with Crippen molar-refractivity contribution in [3.63, 3.8) is 0 Å². The Morgan fingerprint density at radius 1 is 0.443 bits per heavy atom. The minimum Gasteiger partial charge on any atom is -0.454 e. The maximum Gasteiger partial charge on any atom is 0.160 e. The number of nitrogens with zero attached hydrogens (tertiary/aromatic N) is 1. The first-order chi connectivity index (χ1) is 29.8. The summed E-state index contributed by atoms with van der Waals surface area (Å²) in [4.78, 5) is 2.03. The topological polar surface area (TPSA) is 29.5 Å². The Labute approximate surface area is 351 Å². The van der Waals surface area contributed by atoms with Crippen LogP contribution in [0.3, 0.4) is 0 Å². The van der Waals surface area contributed by atoms with Gasteiger partial charge in [0.05, 0.1) is 22.5 Å². The lowest BCUT2D eigenvalue weighted by atomic mass is 9.60. The number of rotatable bonds is 3.